The lowest BCUT2D eigenvalue weighted by Gasteiger charge is -2.22. The molecule has 1 atom stereocenters. The van der Waals surface area contributed by atoms with Crippen LogP contribution in [0, 0.1) is 0 Å². The van der Waals surface area contributed by atoms with Crippen LogP contribution in [0.1, 0.15) is 23.6 Å². The standard InChI is InChI=1S/C19H18N4O2S/c20-19-21-12-18(22-19)14-8-10-15(11-9-14)26(24,25)23-17-7-3-5-13-4-1-2-6-16(13)17/h1-6,8-12,17,23H,7H2,(H3,20,21,22). The molecule has 0 saturated heterocycles. The molecular formula is C19H18N4O2S. The quantitative estimate of drug-likeness (QED) is 0.660. The summed E-state index contributed by atoms with van der Waals surface area (Å²) in [6, 6.07) is 14.2. The van der Waals surface area contributed by atoms with Crippen molar-refractivity contribution in [2.75, 3.05) is 5.73 Å². The Kier molecular flexibility index (Phi) is 4.10. The average Bonchev–Trinajstić information content (AvgIpc) is 3.08. The molecule has 0 aliphatic heterocycles. The lowest BCUT2D eigenvalue weighted by Crippen LogP contribution is -2.29. The molecule has 1 aliphatic carbocycles. The highest BCUT2D eigenvalue weighted by atomic mass is 32.2. The minimum atomic E-state index is -3.63. The largest absolute Gasteiger partial charge is 0.369 e. The number of nitrogens with zero attached hydrogens (tertiary/aromatic N) is 1. The Hall–Kier alpha value is -2.90. The highest BCUT2D eigenvalue weighted by Gasteiger charge is 2.23. The molecule has 0 bridgehead atoms. The van der Waals surface area contributed by atoms with Crippen LogP contribution in [0.4, 0.5) is 5.95 Å². The van der Waals surface area contributed by atoms with Gasteiger partial charge in [0.2, 0.25) is 10.0 Å². The first kappa shape index (κ1) is 16.6. The second kappa shape index (κ2) is 6.44. The molecule has 4 N–H and O–H groups in total. The van der Waals surface area contributed by atoms with Gasteiger partial charge >= 0.3 is 0 Å². The molecule has 3 aromatic rings. The van der Waals surface area contributed by atoms with E-state index in [4.69, 9.17) is 5.73 Å². The number of rotatable bonds is 4. The molecule has 4 rings (SSSR count). The Bertz CT molecular complexity index is 1070. The predicted octanol–water partition coefficient (Wildman–Crippen LogP) is 3.10. The van der Waals surface area contributed by atoms with Crippen LogP contribution in [0.5, 0.6) is 0 Å². The van der Waals surface area contributed by atoms with Gasteiger partial charge in [-0.15, -0.1) is 0 Å². The molecule has 132 valence electrons. The summed E-state index contributed by atoms with van der Waals surface area (Å²) in [7, 11) is -3.63. The number of sulfonamides is 1. The molecule has 26 heavy (non-hydrogen) atoms. The van der Waals surface area contributed by atoms with Crippen molar-refractivity contribution in [3.63, 3.8) is 0 Å². The molecule has 1 aromatic heterocycles. The number of H-pyrrole nitrogens is 1. The lowest BCUT2D eigenvalue weighted by atomic mass is 9.94. The summed E-state index contributed by atoms with van der Waals surface area (Å²) in [6.07, 6.45) is 6.25. The van der Waals surface area contributed by atoms with E-state index in [1.54, 1.807) is 30.5 Å². The maximum absolute atomic E-state index is 12.8. The van der Waals surface area contributed by atoms with E-state index in [1.807, 2.05) is 36.4 Å². The van der Waals surface area contributed by atoms with Gasteiger partial charge in [0.25, 0.3) is 0 Å². The summed E-state index contributed by atoms with van der Waals surface area (Å²) < 4.78 is 28.4. The van der Waals surface area contributed by atoms with E-state index >= 15 is 0 Å². The van der Waals surface area contributed by atoms with Gasteiger partial charge in [-0.3, -0.25) is 0 Å². The molecule has 6 nitrogen and oxygen atoms in total. The molecule has 7 heteroatoms. The van der Waals surface area contributed by atoms with Crippen molar-refractivity contribution < 1.29 is 8.42 Å². The fourth-order valence-electron chi connectivity index (χ4n) is 3.10. The topological polar surface area (TPSA) is 101 Å². The summed E-state index contributed by atoms with van der Waals surface area (Å²) >= 11 is 0. The third-order valence-electron chi connectivity index (χ3n) is 4.41. The lowest BCUT2D eigenvalue weighted by molar-refractivity contribution is 0.556. The number of hydrogen-bond donors (Lipinski definition) is 3. The molecule has 1 aliphatic rings. The van der Waals surface area contributed by atoms with E-state index in [1.165, 1.54) is 0 Å². The first-order valence-electron chi connectivity index (χ1n) is 8.22. The van der Waals surface area contributed by atoms with Crippen LogP contribution < -0.4 is 10.5 Å². The van der Waals surface area contributed by atoms with Crippen molar-refractivity contribution in [1.82, 2.24) is 14.7 Å². The van der Waals surface area contributed by atoms with Gasteiger partial charge in [0.15, 0.2) is 5.95 Å². The van der Waals surface area contributed by atoms with Crippen LogP contribution in [-0.2, 0) is 10.0 Å². The van der Waals surface area contributed by atoms with Gasteiger partial charge in [0.1, 0.15) is 0 Å². The normalized spacial score (nSPS) is 16.4. The number of benzene rings is 2. The van der Waals surface area contributed by atoms with Gasteiger partial charge in [-0.05, 0) is 35.2 Å². The van der Waals surface area contributed by atoms with E-state index < -0.39 is 10.0 Å². The third kappa shape index (κ3) is 3.14. The monoisotopic (exact) mass is 366 g/mol. The molecule has 0 radical (unpaired) electrons. The molecule has 0 saturated carbocycles. The minimum Gasteiger partial charge on any atom is -0.369 e. The van der Waals surface area contributed by atoms with Gasteiger partial charge < -0.3 is 10.7 Å². The highest BCUT2D eigenvalue weighted by molar-refractivity contribution is 7.89. The van der Waals surface area contributed by atoms with Crippen molar-refractivity contribution in [2.24, 2.45) is 0 Å². The zero-order chi connectivity index (χ0) is 18.1. The van der Waals surface area contributed by atoms with Gasteiger partial charge in [0.05, 0.1) is 22.8 Å². The van der Waals surface area contributed by atoms with Crippen molar-refractivity contribution in [3.8, 4) is 11.3 Å². The molecule has 0 fully saturated rings. The summed E-state index contributed by atoms with van der Waals surface area (Å²) in [5, 5.41) is 0. The molecule has 0 amide bonds. The SMILES string of the molecule is Nc1ncc(-c2ccc(S(=O)(=O)NC3CC=Cc4ccccc43)cc2)[nH]1. The molecular weight excluding hydrogens is 348 g/mol. The van der Waals surface area contributed by atoms with Gasteiger partial charge in [-0.25, -0.2) is 18.1 Å². The minimum absolute atomic E-state index is 0.223. The fourth-order valence-corrected chi connectivity index (χ4v) is 4.33. The van der Waals surface area contributed by atoms with Crippen LogP contribution in [0.15, 0.2) is 65.7 Å². The van der Waals surface area contributed by atoms with E-state index in [-0.39, 0.29) is 10.9 Å². The number of fused-ring (bicyclic) bond motifs is 1. The molecule has 1 unspecified atom stereocenters. The van der Waals surface area contributed by atoms with E-state index in [9.17, 15) is 8.42 Å². The Morgan fingerprint density at radius 3 is 2.62 bits per heavy atom. The average molecular weight is 366 g/mol. The van der Waals surface area contributed by atoms with Crippen molar-refractivity contribution in [2.45, 2.75) is 17.4 Å². The zero-order valence-electron chi connectivity index (χ0n) is 13.9. The maximum Gasteiger partial charge on any atom is 0.241 e. The zero-order valence-corrected chi connectivity index (χ0v) is 14.7. The van der Waals surface area contributed by atoms with E-state index in [0.29, 0.717) is 12.4 Å². The maximum atomic E-state index is 12.8. The van der Waals surface area contributed by atoms with Crippen molar-refractivity contribution >= 4 is 22.0 Å². The van der Waals surface area contributed by atoms with Gasteiger partial charge in [0, 0.05) is 0 Å². The Labute approximate surface area is 151 Å². The summed E-state index contributed by atoms with van der Waals surface area (Å²) in [4.78, 5) is 7.09. The summed E-state index contributed by atoms with van der Waals surface area (Å²) in [5.74, 6) is 0.322. The third-order valence-corrected chi connectivity index (χ3v) is 5.90. The van der Waals surface area contributed by atoms with E-state index in [0.717, 1.165) is 22.4 Å². The van der Waals surface area contributed by atoms with Crippen LogP contribution in [0.25, 0.3) is 17.3 Å². The number of hydrogen-bond acceptors (Lipinski definition) is 4. The smallest absolute Gasteiger partial charge is 0.241 e. The Balaban J connectivity index is 1.58. The predicted molar refractivity (Wildman–Crippen MR) is 102 cm³/mol. The van der Waals surface area contributed by atoms with Crippen molar-refractivity contribution in [3.05, 3.63) is 71.9 Å². The summed E-state index contributed by atoms with van der Waals surface area (Å²) in [6.45, 7) is 0. The highest BCUT2D eigenvalue weighted by Crippen LogP contribution is 2.29. The van der Waals surface area contributed by atoms with Gasteiger partial charge in [-0.1, -0.05) is 48.6 Å². The van der Waals surface area contributed by atoms with Crippen LogP contribution in [-0.4, -0.2) is 18.4 Å². The Morgan fingerprint density at radius 1 is 1.12 bits per heavy atom. The van der Waals surface area contributed by atoms with E-state index in [2.05, 4.69) is 14.7 Å². The van der Waals surface area contributed by atoms with Gasteiger partial charge in [-0.2, -0.15) is 0 Å². The van der Waals surface area contributed by atoms with Crippen LogP contribution in [0.2, 0.25) is 0 Å². The number of imidazole rings is 1. The summed E-state index contributed by atoms with van der Waals surface area (Å²) in [5.41, 5.74) is 9.17. The number of anilines is 1. The van der Waals surface area contributed by atoms with Crippen molar-refractivity contribution in [1.29, 1.82) is 0 Å². The number of nitrogens with one attached hydrogen (secondary N) is 2. The molecule has 0 spiro atoms. The second-order valence-electron chi connectivity index (χ2n) is 6.15. The first-order chi connectivity index (χ1) is 12.5. The number of nitrogens with two attached hydrogens (primary N) is 1. The van der Waals surface area contributed by atoms with Crippen LogP contribution in [0.3, 0.4) is 0 Å². The first-order valence-corrected chi connectivity index (χ1v) is 9.70. The molecule has 1 heterocycles. The molecule has 2 aromatic carbocycles. The van der Waals surface area contributed by atoms with Crippen LogP contribution >= 0.6 is 0 Å². The second-order valence-corrected chi connectivity index (χ2v) is 7.86. The number of aromatic amines is 1. The Morgan fingerprint density at radius 2 is 1.88 bits per heavy atom. The number of aromatic nitrogens is 2. The number of nitrogen functional groups attached to an aromatic ring is 1. The fraction of sp³-hybridized carbons (Fsp3) is 0.105.